The SMILES string of the molecule is CCc1c(C)sc(NC(=O)COCC(=O)O)c1C(=O)NC1CCCCC1. The van der Waals surface area contributed by atoms with Crippen molar-refractivity contribution in [3.8, 4) is 0 Å². The van der Waals surface area contributed by atoms with Crippen LogP contribution in [-0.4, -0.2) is 42.1 Å². The van der Waals surface area contributed by atoms with Crippen molar-refractivity contribution in [1.29, 1.82) is 0 Å². The fraction of sp³-hybridized carbons (Fsp3) is 0.611. The summed E-state index contributed by atoms with van der Waals surface area (Å²) in [6, 6.07) is 0.184. The zero-order valence-corrected chi connectivity index (χ0v) is 16.0. The molecule has 3 N–H and O–H groups in total. The Morgan fingerprint density at radius 1 is 1.19 bits per heavy atom. The average molecular weight is 382 g/mol. The van der Waals surface area contributed by atoms with E-state index in [1.807, 2.05) is 13.8 Å². The Kier molecular flexibility index (Phi) is 7.59. The number of carboxylic acid groups (broad SMARTS) is 1. The minimum Gasteiger partial charge on any atom is -0.480 e. The molecule has 0 radical (unpaired) electrons. The topological polar surface area (TPSA) is 105 Å². The number of carbonyl (C=O) groups excluding carboxylic acids is 2. The second kappa shape index (κ2) is 9.68. The number of carbonyl (C=O) groups is 3. The van der Waals surface area contributed by atoms with Crippen molar-refractivity contribution >= 4 is 34.1 Å². The van der Waals surface area contributed by atoms with E-state index in [0.29, 0.717) is 17.0 Å². The molecule has 0 aliphatic heterocycles. The van der Waals surface area contributed by atoms with Crippen molar-refractivity contribution in [2.45, 2.75) is 58.4 Å². The van der Waals surface area contributed by atoms with Gasteiger partial charge in [0.15, 0.2) is 0 Å². The highest BCUT2D eigenvalue weighted by Gasteiger charge is 2.25. The molecular weight excluding hydrogens is 356 g/mol. The first-order chi connectivity index (χ1) is 12.4. The summed E-state index contributed by atoms with van der Waals surface area (Å²) in [5, 5.41) is 14.9. The molecule has 1 heterocycles. The van der Waals surface area contributed by atoms with E-state index >= 15 is 0 Å². The Bertz CT molecular complexity index is 665. The van der Waals surface area contributed by atoms with Crippen molar-refractivity contribution in [2.24, 2.45) is 0 Å². The van der Waals surface area contributed by atoms with Crippen LogP contribution >= 0.6 is 11.3 Å². The van der Waals surface area contributed by atoms with Gasteiger partial charge in [-0.2, -0.15) is 0 Å². The number of amides is 2. The third kappa shape index (κ3) is 5.54. The van der Waals surface area contributed by atoms with Gasteiger partial charge in [-0.1, -0.05) is 26.2 Å². The third-order valence-electron chi connectivity index (χ3n) is 4.44. The molecule has 1 aromatic heterocycles. The van der Waals surface area contributed by atoms with E-state index < -0.39 is 18.5 Å². The molecule has 1 aliphatic rings. The monoisotopic (exact) mass is 382 g/mol. The van der Waals surface area contributed by atoms with E-state index in [0.717, 1.165) is 36.1 Å². The van der Waals surface area contributed by atoms with Crippen LogP contribution in [-0.2, 0) is 20.7 Å². The zero-order valence-electron chi connectivity index (χ0n) is 15.2. The van der Waals surface area contributed by atoms with Crippen molar-refractivity contribution in [2.75, 3.05) is 18.5 Å². The number of aryl methyl sites for hydroxylation is 1. The van der Waals surface area contributed by atoms with Crippen LogP contribution in [0.5, 0.6) is 0 Å². The van der Waals surface area contributed by atoms with Gasteiger partial charge < -0.3 is 20.5 Å². The van der Waals surface area contributed by atoms with E-state index in [9.17, 15) is 14.4 Å². The Morgan fingerprint density at radius 2 is 1.88 bits per heavy atom. The highest BCUT2D eigenvalue weighted by molar-refractivity contribution is 7.16. The molecule has 144 valence electrons. The van der Waals surface area contributed by atoms with Crippen molar-refractivity contribution in [3.05, 3.63) is 16.0 Å². The zero-order chi connectivity index (χ0) is 19.1. The molecule has 0 bridgehead atoms. The van der Waals surface area contributed by atoms with E-state index in [1.54, 1.807) is 0 Å². The fourth-order valence-electron chi connectivity index (χ4n) is 3.23. The van der Waals surface area contributed by atoms with E-state index in [-0.39, 0.29) is 18.6 Å². The van der Waals surface area contributed by atoms with E-state index in [2.05, 4.69) is 10.6 Å². The maximum absolute atomic E-state index is 12.8. The van der Waals surface area contributed by atoms with Crippen LogP contribution in [0.3, 0.4) is 0 Å². The lowest BCUT2D eigenvalue weighted by Crippen LogP contribution is -2.36. The molecular formula is C18H26N2O5S. The normalized spacial score (nSPS) is 14.8. The molecule has 1 saturated carbocycles. The summed E-state index contributed by atoms with van der Waals surface area (Å²) in [5.41, 5.74) is 1.46. The fourth-order valence-corrected chi connectivity index (χ4v) is 4.39. The molecule has 1 aromatic rings. The summed E-state index contributed by atoms with van der Waals surface area (Å²) in [5.74, 6) is -1.76. The van der Waals surface area contributed by atoms with Gasteiger partial charge >= 0.3 is 5.97 Å². The van der Waals surface area contributed by atoms with Crippen molar-refractivity contribution in [3.63, 3.8) is 0 Å². The molecule has 7 nitrogen and oxygen atoms in total. The first-order valence-corrected chi connectivity index (χ1v) is 9.76. The lowest BCUT2D eigenvalue weighted by molar-refractivity contribution is -0.143. The molecule has 1 aliphatic carbocycles. The van der Waals surface area contributed by atoms with Gasteiger partial charge in [0.1, 0.15) is 18.2 Å². The second-order valence-electron chi connectivity index (χ2n) is 6.44. The van der Waals surface area contributed by atoms with Gasteiger partial charge in [-0.05, 0) is 31.7 Å². The standard InChI is InChI=1S/C18H26N2O5S/c1-3-13-11(2)26-18(20-14(21)9-25-10-15(22)23)16(13)17(24)19-12-7-5-4-6-8-12/h12H,3-10H2,1-2H3,(H,19,24)(H,20,21)(H,22,23). The van der Waals surface area contributed by atoms with Crippen LogP contribution in [0.15, 0.2) is 0 Å². The van der Waals surface area contributed by atoms with Gasteiger partial charge in [-0.25, -0.2) is 4.79 Å². The number of aliphatic carboxylic acids is 1. The van der Waals surface area contributed by atoms with Crippen LogP contribution in [0.25, 0.3) is 0 Å². The van der Waals surface area contributed by atoms with Crippen LogP contribution in [0, 0.1) is 6.92 Å². The summed E-state index contributed by atoms with van der Waals surface area (Å²) in [6.45, 7) is 3.01. The van der Waals surface area contributed by atoms with Crippen LogP contribution in [0.4, 0.5) is 5.00 Å². The maximum atomic E-state index is 12.8. The highest BCUT2D eigenvalue weighted by Crippen LogP contribution is 2.34. The molecule has 1 fully saturated rings. The molecule has 8 heteroatoms. The predicted octanol–water partition coefficient (Wildman–Crippen LogP) is 2.72. The molecule has 0 saturated heterocycles. The van der Waals surface area contributed by atoms with Gasteiger partial charge in [0.05, 0.1) is 5.56 Å². The lowest BCUT2D eigenvalue weighted by atomic mass is 9.95. The molecule has 0 spiro atoms. The first-order valence-electron chi connectivity index (χ1n) is 8.94. The lowest BCUT2D eigenvalue weighted by Gasteiger charge is -2.23. The van der Waals surface area contributed by atoms with E-state index in [4.69, 9.17) is 9.84 Å². The summed E-state index contributed by atoms with van der Waals surface area (Å²) in [4.78, 5) is 36.3. The molecule has 0 aromatic carbocycles. The second-order valence-corrected chi connectivity index (χ2v) is 7.66. The minimum atomic E-state index is -1.13. The number of rotatable bonds is 8. The van der Waals surface area contributed by atoms with Crippen molar-refractivity contribution in [1.82, 2.24) is 5.32 Å². The summed E-state index contributed by atoms with van der Waals surface area (Å²) in [7, 11) is 0. The Hall–Kier alpha value is -1.93. The predicted molar refractivity (Wildman–Crippen MR) is 99.9 cm³/mol. The van der Waals surface area contributed by atoms with Crippen LogP contribution < -0.4 is 10.6 Å². The molecule has 2 amide bonds. The van der Waals surface area contributed by atoms with Gasteiger partial charge in [0.25, 0.3) is 11.8 Å². The Labute approximate surface area is 157 Å². The summed E-state index contributed by atoms with van der Waals surface area (Å²) >= 11 is 1.36. The number of hydrogen-bond acceptors (Lipinski definition) is 5. The van der Waals surface area contributed by atoms with Gasteiger partial charge in [0, 0.05) is 10.9 Å². The smallest absolute Gasteiger partial charge is 0.329 e. The maximum Gasteiger partial charge on any atom is 0.329 e. The summed E-state index contributed by atoms with van der Waals surface area (Å²) in [6.07, 6.45) is 6.13. The van der Waals surface area contributed by atoms with Gasteiger partial charge in [0.2, 0.25) is 0 Å². The Balaban J connectivity index is 2.09. The number of ether oxygens (including phenoxy) is 1. The van der Waals surface area contributed by atoms with Crippen LogP contribution in [0.1, 0.15) is 59.8 Å². The largest absolute Gasteiger partial charge is 0.480 e. The number of anilines is 1. The Morgan fingerprint density at radius 3 is 2.50 bits per heavy atom. The molecule has 0 atom stereocenters. The average Bonchev–Trinajstić information content (AvgIpc) is 2.90. The first kappa shape index (κ1) is 20.4. The number of nitrogens with one attached hydrogen (secondary N) is 2. The van der Waals surface area contributed by atoms with Crippen molar-refractivity contribution < 1.29 is 24.2 Å². The third-order valence-corrected chi connectivity index (χ3v) is 5.50. The molecule has 0 unspecified atom stereocenters. The van der Waals surface area contributed by atoms with Gasteiger partial charge in [-0.3, -0.25) is 9.59 Å². The van der Waals surface area contributed by atoms with Crippen LogP contribution in [0.2, 0.25) is 0 Å². The minimum absolute atomic E-state index is 0.153. The number of thiophene rings is 1. The number of hydrogen-bond donors (Lipinski definition) is 3. The number of carboxylic acids is 1. The molecule has 2 rings (SSSR count). The molecule has 26 heavy (non-hydrogen) atoms. The summed E-state index contributed by atoms with van der Waals surface area (Å²) < 4.78 is 4.81. The van der Waals surface area contributed by atoms with Gasteiger partial charge in [-0.15, -0.1) is 11.3 Å². The van der Waals surface area contributed by atoms with E-state index in [1.165, 1.54) is 17.8 Å². The highest BCUT2D eigenvalue weighted by atomic mass is 32.1. The quantitative estimate of drug-likeness (QED) is 0.641.